The molecular weight excluding hydrogens is 456 g/mol. The van der Waals surface area contributed by atoms with Gasteiger partial charge in [0.05, 0.1) is 31.8 Å². The van der Waals surface area contributed by atoms with Crippen molar-refractivity contribution in [3.05, 3.63) is 71.4 Å². The van der Waals surface area contributed by atoms with Crippen LogP contribution in [0.4, 0.5) is 0 Å². The molecule has 2 unspecified atom stereocenters. The van der Waals surface area contributed by atoms with E-state index in [2.05, 4.69) is 15.2 Å². The SMILES string of the molecule is COCCN1C(=O)c2ccccc2C(C(=O)NCCCN2CCOCC2)C1c1c[nH]c2ccccc12. The Labute approximate surface area is 211 Å². The second-order valence-corrected chi connectivity index (χ2v) is 9.39. The predicted molar refractivity (Wildman–Crippen MR) is 138 cm³/mol. The van der Waals surface area contributed by atoms with Gasteiger partial charge in [-0.15, -0.1) is 0 Å². The lowest BCUT2D eigenvalue weighted by molar-refractivity contribution is -0.124. The minimum absolute atomic E-state index is 0.0605. The zero-order valence-corrected chi connectivity index (χ0v) is 20.7. The van der Waals surface area contributed by atoms with Crippen molar-refractivity contribution < 1.29 is 19.1 Å². The quantitative estimate of drug-likeness (QED) is 0.451. The van der Waals surface area contributed by atoms with E-state index >= 15 is 0 Å². The van der Waals surface area contributed by atoms with Crippen LogP contribution in [0, 0.1) is 0 Å². The van der Waals surface area contributed by atoms with Gasteiger partial charge in [0.1, 0.15) is 0 Å². The molecule has 2 amide bonds. The summed E-state index contributed by atoms with van der Waals surface area (Å²) in [5.41, 5.74) is 3.28. The van der Waals surface area contributed by atoms with Crippen LogP contribution in [0.2, 0.25) is 0 Å². The Balaban J connectivity index is 1.46. The van der Waals surface area contributed by atoms with Crippen LogP contribution in [0.5, 0.6) is 0 Å². The van der Waals surface area contributed by atoms with Gasteiger partial charge in [0.15, 0.2) is 0 Å². The number of nitrogens with one attached hydrogen (secondary N) is 2. The van der Waals surface area contributed by atoms with Gasteiger partial charge in [0, 0.05) is 61.5 Å². The number of amides is 2. The molecule has 2 aliphatic heterocycles. The molecule has 3 aromatic rings. The number of hydrogen-bond donors (Lipinski definition) is 2. The maximum atomic E-state index is 13.9. The largest absolute Gasteiger partial charge is 0.383 e. The molecule has 1 saturated heterocycles. The number of carbonyl (C=O) groups is 2. The molecule has 0 saturated carbocycles. The fraction of sp³-hybridized carbons (Fsp3) is 0.429. The summed E-state index contributed by atoms with van der Waals surface area (Å²) in [7, 11) is 1.63. The van der Waals surface area contributed by atoms with E-state index in [9.17, 15) is 9.59 Å². The summed E-state index contributed by atoms with van der Waals surface area (Å²) in [5.74, 6) is -0.665. The van der Waals surface area contributed by atoms with Crippen molar-refractivity contribution in [3.63, 3.8) is 0 Å². The number of morpholine rings is 1. The highest BCUT2D eigenvalue weighted by molar-refractivity contribution is 6.02. The molecule has 190 valence electrons. The van der Waals surface area contributed by atoms with Crippen LogP contribution in [0.3, 0.4) is 0 Å². The number of benzene rings is 2. The fourth-order valence-electron chi connectivity index (χ4n) is 5.44. The highest BCUT2D eigenvalue weighted by atomic mass is 16.5. The third kappa shape index (κ3) is 4.89. The van der Waals surface area contributed by atoms with E-state index in [1.807, 2.05) is 54.7 Å². The molecule has 0 aliphatic carbocycles. The summed E-state index contributed by atoms with van der Waals surface area (Å²) in [6, 6.07) is 15.1. The van der Waals surface area contributed by atoms with Crippen LogP contribution in [0.1, 0.15) is 39.9 Å². The molecule has 2 N–H and O–H groups in total. The van der Waals surface area contributed by atoms with Gasteiger partial charge in [-0.1, -0.05) is 36.4 Å². The second kappa shape index (κ2) is 11.2. The van der Waals surface area contributed by atoms with E-state index in [4.69, 9.17) is 9.47 Å². The lowest BCUT2D eigenvalue weighted by Gasteiger charge is -2.41. The van der Waals surface area contributed by atoms with Crippen molar-refractivity contribution in [2.75, 3.05) is 59.7 Å². The number of methoxy groups -OCH3 is 1. The average Bonchev–Trinajstić information content (AvgIpc) is 3.35. The fourth-order valence-corrected chi connectivity index (χ4v) is 5.44. The molecule has 36 heavy (non-hydrogen) atoms. The number of H-pyrrole nitrogens is 1. The number of para-hydroxylation sites is 1. The van der Waals surface area contributed by atoms with Crippen LogP contribution in [0.25, 0.3) is 10.9 Å². The number of rotatable bonds is 9. The molecule has 2 aromatic carbocycles. The molecule has 1 fully saturated rings. The van der Waals surface area contributed by atoms with Crippen molar-refractivity contribution in [2.24, 2.45) is 0 Å². The van der Waals surface area contributed by atoms with Crippen molar-refractivity contribution in [1.29, 1.82) is 0 Å². The Bertz CT molecular complexity index is 1200. The van der Waals surface area contributed by atoms with E-state index < -0.39 is 12.0 Å². The predicted octanol–water partition coefficient (Wildman–Crippen LogP) is 2.93. The number of carbonyl (C=O) groups excluding carboxylic acids is 2. The van der Waals surface area contributed by atoms with Crippen molar-refractivity contribution >= 4 is 22.7 Å². The van der Waals surface area contributed by atoms with E-state index in [-0.39, 0.29) is 11.8 Å². The van der Waals surface area contributed by atoms with Crippen LogP contribution in [-0.4, -0.2) is 86.3 Å². The Hall–Kier alpha value is -3.20. The standard InChI is InChI=1S/C28H34N4O4/c1-35-16-15-32-26(23-19-30-24-10-5-4-7-20(23)24)25(21-8-2-3-9-22(21)28(32)34)27(33)29-11-6-12-31-13-17-36-18-14-31/h2-5,7-10,19,25-26,30H,6,11-18H2,1H3,(H,29,33). The van der Waals surface area contributed by atoms with E-state index in [0.29, 0.717) is 25.3 Å². The average molecular weight is 491 g/mol. The van der Waals surface area contributed by atoms with Crippen LogP contribution < -0.4 is 5.32 Å². The normalized spacial score (nSPS) is 20.5. The first-order valence-corrected chi connectivity index (χ1v) is 12.7. The van der Waals surface area contributed by atoms with Gasteiger partial charge >= 0.3 is 0 Å². The van der Waals surface area contributed by atoms with Gasteiger partial charge in [0.25, 0.3) is 5.91 Å². The number of hydrogen-bond acceptors (Lipinski definition) is 5. The number of fused-ring (bicyclic) bond motifs is 2. The Kier molecular flexibility index (Phi) is 7.65. The summed E-state index contributed by atoms with van der Waals surface area (Å²) in [6.45, 7) is 5.70. The highest BCUT2D eigenvalue weighted by Gasteiger charge is 2.44. The zero-order valence-electron chi connectivity index (χ0n) is 20.7. The molecule has 2 aliphatic rings. The third-order valence-corrected chi connectivity index (χ3v) is 7.25. The number of ether oxygens (including phenoxy) is 2. The topological polar surface area (TPSA) is 86.9 Å². The minimum atomic E-state index is -0.529. The van der Waals surface area contributed by atoms with Crippen LogP contribution >= 0.6 is 0 Å². The highest BCUT2D eigenvalue weighted by Crippen LogP contribution is 2.44. The molecule has 8 heteroatoms. The van der Waals surface area contributed by atoms with Crippen molar-refractivity contribution in [2.45, 2.75) is 18.4 Å². The molecule has 2 atom stereocenters. The molecule has 8 nitrogen and oxygen atoms in total. The van der Waals surface area contributed by atoms with Gasteiger partial charge in [0.2, 0.25) is 5.91 Å². The van der Waals surface area contributed by atoms with Crippen LogP contribution in [-0.2, 0) is 14.3 Å². The Morgan fingerprint density at radius 1 is 1.08 bits per heavy atom. The van der Waals surface area contributed by atoms with E-state index in [1.54, 1.807) is 12.0 Å². The number of aromatic amines is 1. The molecule has 0 spiro atoms. The van der Waals surface area contributed by atoms with Crippen LogP contribution in [0.15, 0.2) is 54.7 Å². The smallest absolute Gasteiger partial charge is 0.254 e. The van der Waals surface area contributed by atoms with E-state index in [1.165, 1.54) is 0 Å². The maximum absolute atomic E-state index is 13.9. The van der Waals surface area contributed by atoms with Crippen molar-refractivity contribution in [3.8, 4) is 0 Å². The lowest BCUT2D eigenvalue weighted by Crippen LogP contribution is -2.48. The first-order chi connectivity index (χ1) is 17.7. The first-order valence-electron chi connectivity index (χ1n) is 12.7. The summed E-state index contributed by atoms with van der Waals surface area (Å²) in [5, 5.41) is 4.20. The molecule has 0 radical (unpaired) electrons. The van der Waals surface area contributed by atoms with Gasteiger partial charge in [-0.25, -0.2) is 0 Å². The maximum Gasteiger partial charge on any atom is 0.254 e. The summed E-state index contributed by atoms with van der Waals surface area (Å²) >= 11 is 0. The summed E-state index contributed by atoms with van der Waals surface area (Å²) in [4.78, 5) is 35.0. The van der Waals surface area contributed by atoms with Gasteiger partial charge < -0.3 is 24.7 Å². The van der Waals surface area contributed by atoms with Crippen molar-refractivity contribution in [1.82, 2.24) is 20.1 Å². The monoisotopic (exact) mass is 490 g/mol. The molecule has 1 aromatic heterocycles. The molecule has 5 rings (SSSR count). The van der Waals surface area contributed by atoms with Gasteiger partial charge in [-0.3, -0.25) is 14.5 Å². The number of nitrogens with zero attached hydrogens (tertiary/aromatic N) is 2. The van der Waals surface area contributed by atoms with Gasteiger partial charge in [-0.05, 0) is 30.7 Å². The van der Waals surface area contributed by atoms with Gasteiger partial charge in [-0.2, -0.15) is 0 Å². The minimum Gasteiger partial charge on any atom is -0.383 e. The molecule has 3 heterocycles. The zero-order chi connectivity index (χ0) is 24.9. The molecule has 0 bridgehead atoms. The summed E-state index contributed by atoms with van der Waals surface area (Å²) in [6.07, 6.45) is 2.80. The lowest BCUT2D eigenvalue weighted by atomic mass is 9.79. The second-order valence-electron chi connectivity index (χ2n) is 9.39. The Morgan fingerprint density at radius 2 is 1.86 bits per heavy atom. The molecular formula is C28H34N4O4. The number of aromatic nitrogens is 1. The first kappa shape index (κ1) is 24.5. The Morgan fingerprint density at radius 3 is 2.69 bits per heavy atom. The van der Waals surface area contributed by atoms with E-state index in [0.717, 1.165) is 61.3 Å². The summed E-state index contributed by atoms with van der Waals surface area (Å²) < 4.78 is 10.8. The third-order valence-electron chi connectivity index (χ3n) is 7.25.